The molecule has 1 aromatic heterocycles. The third-order valence-corrected chi connectivity index (χ3v) is 6.95. The minimum Gasteiger partial charge on any atom is -0.463 e. The van der Waals surface area contributed by atoms with E-state index in [1.54, 1.807) is 12.4 Å². The number of ether oxygens (including phenoxy) is 1. The average Bonchev–Trinajstić information content (AvgIpc) is 2.78. The Bertz CT molecular complexity index is 475. The summed E-state index contributed by atoms with van der Waals surface area (Å²) in [5.41, 5.74) is 0. The van der Waals surface area contributed by atoms with E-state index >= 15 is 0 Å². The van der Waals surface area contributed by atoms with Gasteiger partial charge in [-0.15, -0.1) is 0 Å². The molecule has 1 rings (SSSR count). The molecule has 0 saturated heterocycles. The van der Waals surface area contributed by atoms with Gasteiger partial charge in [-0.1, -0.05) is 98.8 Å². The zero-order valence-corrected chi connectivity index (χ0v) is 20.7. The van der Waals surface area contributed by atoms with E-state index in [0.717, 1.165) is 36.7 Å². The summed E-state index contributed by atoms with van der Waals surface area (Å²) in [5.74, 6) is 3.35. The summed E-state index contributed by atoms with van der Waals surface area (Å²) in [6.07, 6.45) is 20.9. The van der Waals surface area contributed by atoms with Gasteiger partial charge in [0, 0.05) is 12.4 Å². The minimum atomic E-state index is 0.521. The lowest BCUT2D eigenvalue weighted by molar-refractivity contribution is 0.158. The lowest BCUT2D eigenvalue weighted by Crippen LogP contribution is -2.23. The molecule has 30 heavy (non-hydrogen) atoms. The quantitative estimate of drug-likeness (QED) is 0.226. The second-order valence-electron chi connectivity index (χ2n) is 9.28. The van der Waals surface area contributed by atoms with E-state index in [4.69, 9.17) is 4.74 Å². The normalized spacial score (nSPS) is 15.5. The molecular formula is C27H50N2O. The molecule has 1 aromatic rings. The maximum atomic E-state index is 5.90. The SMILES string of the molecule is CCCCC(CC)CC(CC(CC)CCCC)C(CCC)CCOc1ncccn1. The first kappa shape index (κ1) is 26.9. The highest BCUT2D eigenvalue weighted by atomic mass is 16.5. The van der Waals surface area contributed by atoms with Crippen molar-refractivity contribution in [3.8, 4) is 6.01 Å². The van der Waals surface area contributed by atoms with Crippen LogP contribution < -0.4 is 4.74 Å². The fourth-order valence-corrected chi connectivity index (χ4v) is 4.95. The highest BCUT2D eigenvalue weighted by Gasteiger charge is 2.26. The molecule has 0 bridgehead atoms. The molecule has 0 aliphatic heterocycles. The van der Waals surface area contributed by atoms with Gasteiger partial charge in [-0.2, -0.15) is 0 Å². The van der Waals surface area contributed by atoms with Crippen molar-refractivity contribution < 1.29 is 4.74 Å². The summed E-state index contributed by atoms with van der Waals surface area (Å²) in [6.45, 7) is 12.5. The summed E-state index contributed by atoms with van der Waals surface area (Å²) < 4.78 is 5.90. The molecule has 3 nitrogen and oxygen atoms in total. The van der Waals surface area contributed by atoms with Crippen LogP contribution in [0.15, 0.2) is 18.5 Å². The Balaban J connectivity index is 2.81. The molecule has 0 aliphatic rings. The average molecular weight is 419 g/mol. The Morgan fingerprint density at radius 2 is 1.27 bits per heavy atom. The van der Waals surface area contributed by atoms with Crippen LogP contribution in [0.2, 0.25) is 0 Å². The van der Waals surface area contributed by atoms with E-state index < -0.39 is 0 Å². The lowest BCUT2D eigenvalue weighted by Gasteiger charge is -2.33. The summed E-state index contributed by atoms with van der Waals surface area (Å²) in [5, 5.41) is 0. The van der Waals surface area contributed by atoms with Crippen molar-refractivity contribution in [2.75, 3.05) is 6.61 Å². The summed E-state index contributed by atoms with van der Waals surface area (Å²) >= 11 is 0. The van der Waals surface area contributed by atoms with Gasteiger partial charge in [0.15, 0.2) is 0 Å². The first-order valence-corrected chi connectivity index (χ1v) is 13.1. The van der Waals surface area contributed by atoms with Crippen LogP contribution in [0.25, 0.3) is 0 Å². The monoisotopic (exact) mass is 418 g/mol. The molecule has 0 aromatic carbocycles. The second-order valence-corrected chi connectivity index (χ2v) is 9.28. The largest absolute Gasteiger partial charge is 0.463 e. The molecule has 0 spiro atoms. The molecule has 1 heterocycles. The number of rotatable bonds is 19. The molecule has 0 radical (unpaired) electrons. The van der Waals surface area contributed by atoms with Crippen molar-refractivity contribution in [3.63, 3.8) is 0 Å². The van der Waals surface area contributed by atoms with Crippen molar-refractivity contribution >= 4 is 0 Å². The molecule has 174 valence electrons. The Hall–Kier alpha value is -1.12. The molecule has 0 amide bonds. The number of aromatic nitrogens is 2. The zero-order valence-electron chi connectivity index (χ0n) is 20.7. The number of hydrogen-bond acceptors (Lipinski definition) is 3. The van der Waals surface area contributed by atoms with Crippen molar-refractivity contribution in [3.05, 3.63) is 18.5 Å². The van der Waals surface area contributed by atoms with Crippen LogP contribution in [0, 0.1) is 23.7 Å². The summed E-state index contributed by atoms with van der Waals surface area (Å²) in [7, 11) is 0. The van der Waals surface area contributed by atoms with Crippen molar-refractivity contribution in [2.24, 2.45) is 23.7 Å². The topological polar surface area (TPSA) is 35.0 Å². The molecular weight excluding hydrogens is 368 g/mol. The summed E-state index contributed by atoms with van der Waals surface area (Å²) in [4.78, 5) is 8.45. The van der Waals surface area contributed by atoms with Gasteiger partial charge in [-0.25, -0.2) is 9.97 Å². The number of unbranched alkanes of at least 4 members (excludes halogenated alkanes) is 2. The smallest absolute Gasteiger partial charge is 0.316 e. The van der Waals surface area contributed by atoms with Gasteiger partial charge >= 0.3 is 6.01 Å². The maximum absolute atomic E-state index is 5.90. The van der Waals surface area contributed by atoms with Gasteiger partial charge in [0.2, 0.25) is 0 Å². The van der Waals surface area contributed by atoms with Crippen LogP contribution in [0.3, 0.4) is 0 Å². The fraction of sp³-hybridized carbons (Fsp3) is 0.852. The highest BCUT2D eigenvalue weighted by molar-refractivity contribution is 4.93. The van der Waals surface area contributed by atoms with Gasteiger partial charge in [-0.05, 0) is 49.0 Å². The summed E-state index contributed by atoms with van der Waals surface area (Å²) in [6, 6.07) is 2.36. The molecule has 3 heteroatoms. The van der Waals surface area contributed by atoms with Gasteiger partial charge in [0.05, 0.1) is 6.61 Å². The lowest BCUT2D eigenvalue weighted by atomic mass is 9.73. The first-order valence-electron chi connectivity index (χ1n) is 13.1. The number of nitrogens with zero attached hydrogens (tertiary/aromatic N) is 2. The van der Waals surface area contributed by atoms with Crippen LogP contribution in [-0.4, -0.2) is 16.6 Å². The highest BCUT2D eigenvalue weighted by Crippen LogP contribution is 2.37. The van der Waals surface area contributed by atoms with E-state index in [0.29, 0.717) is 6.01 Å². The van der Waals surface area contributed by atoms with E-state index in [9.17, 15) is 0 Å². The van der Waals surface area contributed by atoms with E-state index in [-0.39, 0.29) is 0 Å². The van der Waals surface area contributed by atoms with Crippen molar-refractivity contribution in [2.45, 2.75) is 118 Å². The Kier molecular flexibility index (Phi) is 15.7. The van der Waals surface area contributed by atoms with E-state index in [1.165, 1.54) is 77.0 Å². The predicted molar refractivity (Wildman–Crippen MR) is 130 cm³/mol. The van der Waals surface area contributed by atoms with Crippen LogP contribution in [0.4, 0.5) is 0 Å². The van der Waals surface area contributed by atoms with Gasteiger partial charge in [0.25, 0.3) is 0 Å². The van der Waals surface area contributed by atoms with Crippen molar-refractivity contribution in [1.82, 2.24) is 9.97 Å². The third-order valence-electron chi connectivity index (χ3n) is 6.95. The van der Waals surface area contributed by atoms with Crippen LogP contribution in [0.5, 0.6) is 6.01 Å². The molecule has 0 N–H and O–H groups in total. The number of hydrogen-bond donors (Lipinski definition) is 0. The molecule has 0 fully saturated rings. The third kappa shape index (κ3) is 11.3. The fourth-order valence-electron chi connectivity index (χ4n) is 4.95. The van der Waals surface area contributed by atoms with Gasteiger partial charge in [-0.3, -0.25) is 0 Å². The van der Waals surface area contributed by atoms with Crippen LogP contribution in [0.1, 0.15) is 118 Å². The molecule has 3 unspecified atom stereocenters. The van der Waals surface area contributed by atoms with Crippen LogP contribution in [-0.2, 0) is 0 Å². The Morgan fingerprint density at radius 3 is 1.73 bits per heavy atom. The van der Waals surface area contributed by atoms with Crippen molar-refractivity contribution in [1.29, 1.82) is 0 Å². The predicted octanol–water partition coefficient (Wildman–Crippen LogP) is 8.49. The molecule has 0 aliphatic carbocycles. The Morgan fingerprint density at radius 1 is 0.700 bits per heavy atom. The van der Waals surface area contributed by atoms with E-state index in [2.05, 4.69) is 44.6 Å². The zero-order chi connectivity index (χ0) is 22.0. The standard InChI is InChI=1S/C27H50N2O/c1-6-11-15-23(9-4)21-26(22-24(10-5)16-12-7-2)25(14-8-3)17-20-30-27-28-18-13-19-29-27/h13,18-19,23-26H,6-12,14-17,20-22H2,1-5H3. The Labute approximate surface area is 187 Å². The van der Waals surface area contributed by atoms with Gasteiger partial charge < -0.3 is 4.74 Å². The molecule has 3 atom stereocenters. The second kappa shape index (κ2) is 17.5. The maximum Gasteiger partial charge on any atom is 0.316 e. The first-order chi connectivity index (χ1) is 14.7. The van der Waals surface area contributed by atoms with Gasteiger partial charge in [0.1, 0.15) is 0 Å². The van der Waals surface area contributed by atoms with E-state index in [1.807, 2.05) is 6.07 Å². The minimum absolute atomic E-state index is 0.521. The van der Waals surface area contributed by atoms with Crippen LogP contribution >= 0.6 is 0 Å². The molecule has 0 saturated carbocycles.